The van der Waals surface area contributed by atoms with Crippen molar-refractivity contribution in [1.82, 2.24) is 10.9 Å². The topological polar surface area (TPSA) is 82.9 Å². The summed E-state index contributed by atoms with van der Waals surface area (Å²) in [7, 11) is 0. The molecule has 2 amide bonds. The summed E-state index contributed by atoms with van der Waals surface area (Å²) in [5, 5.41) is 7.91. The second-order valence-electron chi connectivity index (χ2n) is 4.86. The van der Waals surface area contributed by atoms with E-state index in [1.165, 1.54) is 0 Å². The van der Waals surface area contributed by atoms with E-state index in [0.29, 0.717) is 11.1 Å². The summed E-state index contributed by atoms with van der Waals surface area (Å²) < 4.78 is 0. The van der Waals surface area contributed by atoms with Gasteiger partial charge in [-0.05, 0) is 51.0 Å². The van der Waals surface area contributed by atoms with Crippen LogP contribution >= 0.6 is 0 Å². The highest BCUT2D eigenvalue weighted by molar-refractivity contribution is 5.98. The predicted molar refractivity (Wildman–Crippen MR) is 88.2 cm³/mol. The molecule has 2 N–H and O–H groups in total. The first-order valence-corrected chi connectivity index (χ1v) is 7.25. The van der Waals surface area contributed by atoms with E-state index in [0.717, 1.165) is 24.3 Å². The molecule has 1 aromatic carbocycles. The van der Waals surface area contributed by atoms with Crippen LogP contribution < -0.4 is 10.9 Å². The molecule has 0 saturated carbocycles. The van der Waals surface area contributed by atoms with Crippen LogP contribution in [0.4, 0.5) is 0 Å². The summed E-state index contributed by atoms with van der Waals surface area (Å²) in [4.78, 5) is 23.7. The zero-order chi connectivity index (χ0) is 16.5. The van der Waals surface area contributed by atoms with E-state index in [1.807, 2.05) is 27.7 Å². The molecule has 0 saturated heterocycles. The number of hydrazone groups is 2. The van der Waals surface area contributed by atoms with E-state index in [9.17, 15) is 9.59 Å². The van der Waals surface area contributed by atoms with Crippen LogP contribution in [-0.2, 0) is 0 Å². The van der Waals surface area contributed by atoms with Gasteiger partial charge in [0.05, 0.1) is 0 Å². The highest BCUT2D eigenvalue weighted by Crippen LogP contribution is 2.05. The Balaban J connectivity index is 2.70. The fourth-order valence-corrected chi connectivity index (χ4v) is 1.35. The third kappa shape index (κ3) is 5.47. The van der Waals surface area contributed by atoms with Crippen LogP contribution in [-0.4, -0.2) is 23.2 Å². The average molecular weight is 302 g/mol. The minimum absolute atomic E-state index is 0.306. The maximum atomic E-state index is 11.9. The molecule has 118 valence electrons. The molecule has 22 heavy (non-hydrogen) atoms. The molecule has 0 spiro atoms. The van der Waals surface area contributed by atoms with Crippen molar-refractivity contribution in [2.24, 2.45) is 10.2 Å². The molecule has 6 nitrogen and oxygen atoms in total. The fourth-order valence-electron chi connectivity index (χ4n) is 1.35. The van der Waals surface area contributed by atoms with Crippen LogP contribution in [0.15, 0.2) is 34.5 Å². The first-order valence-electron chi connectivity index (χ1n) is 7.25. The quantitative estimate of drug-likeness (QED) is 0.625. The van der Waals surface area contributed by atoms with Gasteiger partial charge in [0, 0.05) is 22.6 Å². The third-order valence-corrected chi connectivity index (χ3v) is 3.13. The molecular formula is C16H22N4O2. The normalized spacial score (nSPS) is 12.0. The molecule has 0 aromatic heterocycles. The number of carbonyl (C=O) groups is 2. The summed E-state index contributed by atoms with van der Waals surface area (Å²) in [5.74, 6) is -0.612. The van der Waals surface area contributed by atoms with Crippen LogP contribution in [0.3, 0.4) is 0 Å². The van der Waals surface area contributed by atoms with Crippen molar-refractivity contribution >= 4 is 23.2 Å². The number of hydrogen-bond acceptors (Lipinski definition) is 4. The number of nitrogens with one attached hydrogen (secondary N) is 2. The van der Waals surface area contributed by atoms with Crippen molar-refractivity contribution in [3.05, 3.63) is 35.4 Å². The molecule has 0 aliphatic rings. The van der Waals surface area contributed by atoms with Gasteiger partial charge in [0.1, 0.15) is 0 Å². The summed E-state index contributed by atoms with van der Waals surface area (Å²) in [6.07, 6.45) is 1.55. The van der Waals surface area contributed by atoms with E-state index in [1.54, 1.807) is 24.3 Å². The van der Waals surface area contributed by atoms with E-state index < -0.39 is 0 Å². The van der Waals surface area contributed by atoms with Gasteiger partial charge in [-0.15, -0.1) is 0 Å². The van der Waals surface area contributed by atoms with E-state index >= 15 is 0 Å². The maximum absolute atomic E-state index is 11.9. The third-order valence-electron chi connectivity index (χ3n) is 3.13. The van der Waals surface area contributed by atoms with Crippen molar-refractivity contribution in [1.29, 1.82) is 0 Å². The smallest absolute Gasteiger partial charge is 0.267 e. The van der Waals surface area contributed by atoms with Crippen molar-refractivity contribution in [2.75, 3.05) is 0 Å². The highest BCUT2D eigenvalue weighted by atomic mass is 16.2. The molecule has 0 atom stereocenters. The highest BCUT2D eigenvalue weighted by Gasteiger charge is 2.08. The molecule has 1 rings (SSSR count). The maximum Gasteiger partial charge on any atom is 0.271 e. The molecule has 0 unspecified atom stereocenters. The Morgan fingerprint density at radius 3 is 1.41 bits per heavy atom. The van der Waals surface area contributed by atoms with Gasteiger partial charge in [-0.25, -0.2) is 10.9 Å². The second kappa shape index (κ2) is 8.71. The molecule has 0 fully saturated rings. The summed E-state index contributed by atoms with van der Waals surface area (Å²) >= 11 is 0. The van der Waals surface area contributed by atoms with Crippen molar-refractivity contribution in [3.63, 3.8) is 0 Å². The van der Waals surface area contributed by atoms with E-state index in [-0.39, 0.29) is 11.8 Å². The Kier molecular flexibility index (Phi) is 6.95. The summed E-state index contributed by atoms with van der Waals surface area (Å²) in [5.41, 5.74) is 7.51. The van der Waals surface area contributed by atoms with Crippen molar-refractivity contribution in [2.45, 2.75) is 40.5 Å². The van der Waals surface area contributed by atoms with Gasteiger partial charge >= 0.3 is 0 Å². The van der Waals surface area contributed by atoms with Crippen molar-refractivity contribution < 1.29 is 9.59 Å². The zero-order valence-corrected chi connectivity index (χ0v) is 13.4. The molecule has 0 aliphatic heterocycles. The van der Waals surface area contributed by atoms with Crippen LogP contribution in [0.2, 0.25) is 0 Å². The fraction of sp³-hybridized carbons (Fsp3) is 0.375. The van der Waals surface area contributed by atoms with Crippen molar-refractivity contribution in [3.8, 4) is 0 Å². The van der Waals surface area contributed by atoms with Gasteiger partial charge < -0.3 is 0 Å². The molecule has 6 heteroatoms. The Hall–Kier alpha value is -2.50. The van der Waals surface area contributed by atoms with E-state index in [2.05, 4.69) is 21.1 Å². The molecule has 0 radical (unpaired) electrons. The SMILES string of the molecule is CC/C(C)=N/NC(=O)c1ccc(C(=O)N/N=C(\C)CC)cc1. The van der Waals surface area contributed by atoms with Gasteiger partial charge in [-0.1, -0.05) is 13.8 Å². The minimum Gasteiger partial charge on any atom is -0.267 e. The van der Waals surface area contributed by atoms with Gasteiger partial charge in [0.15, 0.2) is 0 Å². The lowest BCUT2D eigenvalue weighted by atomic mass is 10.1. The average Bonchev–Trinajstić information content (AvgIpc) is 2.56. The molecule has 0 bridgehead atoms. The molecule has 0 aliphatic carbocycles. The second-order valence-corrected chi connectivity index (χ2v) is 4.86. The number of carbonyl (C=O) groups excluding carboxylic acids is 2. The molecule has 0 heterocycles. The number of nitrogens with zero attached hydrogens (tertiary/aromatic N) is 2. The lowest BCUT2D eigenvalue weighted by Gasteiger charge is -2.04. The molecule has 1 aromatic rings. The lowest BCUT2D eigenvalue weighted by Crippen LogP contribution is -2.20. The van der Waals surface area contributed by atoms with E-state index in [4.69, 9.17) is 0 Å². The van der Waals surface area contributed by atoms with Crippen LogP contribution in [0.1, 0.15) is 61.3 Å². The number of hydrogen-bond donors (Lipinski definition) is 2. The Bertz CT molecular complexity index is 536. The summed E-state index contributed by atoms with van der Waals surface area (Å²) in [6, 6.07) is 6.32. The van der Waals surface area contributed by atoms with Crippen LogP contribution in [0, 0.1) is 0 Å². The van der Waals surface area contributed by atoms with Crippen LogP contribution in [0.5, 0.6) is 0 Å². The van der Waals surface area contributed by atoms with Gasteiger partial charge in [0.2, 0.25) is 0 Å². The monoisotopic (exact) mass is 302 g/mol. The zero-order valence-electron chi connectivity index (χ0n) is 13.4. The predicted octanol–water partition coefficient (Wildman–Crippen LogP) is 2.72. The Morgan fingerprint density at radius 2 is 1.14 bits per heavy atom. The standard InChI is InChI=1S/C16H22N4O2/c1-5-11(3)17-19-15(21)13-7-9-14(10-8-13)16(22)20-18-12(4)6-2/h7-10H,5-6H2,1-4H3,(H,19,21)(H,20,22)/b17-11+,18-12+. The van der Waals surface area contributed by atoms with Crippen LogP contribution in [0.25, 0.3) is 0 Å². The van der Waals surface area contributed by atoms with Gasteiger partial charge in [-0.2, -0.15) is 10.2 Å². The Morgan fingerprint density at radius 1 is 0.818 bits per heavy atom. The lowest BCUT2D eigenvalue weighted by molar-refractivity contribution is 0.0943. The first kappa shape index (κ1) is 17.6. The Labute approximate surface area is 130 Å². The molecular weight excluding hydrogens is 280 g/mol. The van der Waals surface area contributed by atoms with Gasteiger partial charge in [0.25, 0.3) is 11.8 Å². The summed E-state index contributed by atoms with van der Waals surface area (Å²) in [6.45, 7) is 7.60. The first-order chi connectivity index (χ1) is 10.5. The number of amides is 2. The number of rotatable bonds is 6. The number of benzene rings is 1. The largest absolute Gasteiger partial charge is 0.271 e. The minimum atomic E-state index is -0.306. The van der Waals surface area contributed by atoms with Gasteiger partial charge in [-0.3, -0.25) is 9.59 Å².